The summed E-state index contributed by atoms with van der Waals surface area (Å²) in [5.41, 5.74) is 0.407. The highest BCUT2D eigenvalue weighted by Crippen LogP contribution is 2.27. The lowest BCUT2D eigenvalue weighted by atomic mass is 9.94. The number of nitriles is 1. The third kappa shape index (κ3) is 3.01. The number of hydrogen-bond donors (Lipinski definition) is 1. The van der Waals surface area contributed by atoms with Gasteiger partial charge in [-0.3, -0.25) is 10.1 Å². The Bertz CT molecular complexity index is 530. The second-order valence-corrected chi connectivity index (χ2v) is 4.94. The van der Waals surface area contributed by atoms with Crippen LogP contribution in [0.3, 0.4) is 0 Å². The maximum absolute atomic E-state index is 10.8. The van der Waals surface area contributed by atoms with Gasteiger partial charge in [-0.25, -0.2) is 0 Å². The highest BCUT2D eigenvalue weighted by Gasteiger charge is 2.27. The van der Waals surface area contributed by atoms with Crippen LogP contribution in [0.2, 0.25) is 0 Å². The van der Waals surface area contributed by atoms with Gasteiger partial charge >= 0.3 is 0 Å². The smallest absolute Gasteiger partial charge is 0.287 e. The molecule has 1 unspecified atom stereocenters. The lowest BCUT2D eigenvalue weighted by Gasteiger charge is -2.35. The van der Waals surface area contributed by atoms with E-state index in [4.69, 9.17) is 10.00 Å². The average Bonchev–Trinajstić information content (AvgIpc) is 2.38. The van der Waals surface area contributed by atoms with Gasteiger partial charge in [0, 0.05) is 18.4 Å². The summed E-state index contributed by atoms with van der Waals surface area (Å²) in [6, 6.07) is 6.34. The molecule has 0 radical (unpaired) electrons. The Morgan fingerprint density at radius 3 is 2.95 bits per heavy atom. The van der Waals surface area contributed by atoms with Gasteiger partial charge in [0.1, 0.15) is 11.6 Å². The molecule has 1 fully saturated rings. The third-order valence-corrected chi connectivity index (χ3v) is 3.20. The molecule has 6 nitrogen and oxygen atoms in total. The van der Waals surface area contributed by atoms with Gasteiger partial charge in [0.2, 0.25) is 0 Å². The zero-order valence-corrected chi connectivity index (χ0v) is 10.7. The Labute approximate surface area is 111 Å². The Morgan fingerprint density at radius 1 is 1.58 bits per heavy atom. The molecule has 1 aromatic carbocycles. The predicted octanol–water partition coefficient (Wildman–Crippen LogP) is 2.45. The van der Waals surface area contributed by atoms with Crippen molar-refractivity contribution in [2.75, 3.05) is 18.5 Å². The van der Waals surface area contributed by atoms with Crippen LogP contribution in [0.1, 0.15) is 25.3 Å². The topological polar surface area (TPSA) is 88.2 Å². The maximum atomic E-state index is 10.8. The van der Waals surface area contributed by atoms with E-state index in [1.807, 2.05) is 13.0 Å². The van der Waals surface area contributed by atoms with Gasteiger partial charge in [-0.05, 0) is 31.9 Å². The molecule has 1 saturated heterocycles. The van der Waals surface area contributed by atoms with Gasteiger partial charge in [0.05, 0.1) is 17.1 Å². The van der Waals surface area contributed by atoms with E-state index in [0.29, 0.717) is 12.3 Å². The number of hydrogen-bond acceptors (Lipinski definition) is 5. The second kappa shape index (κ2) is 5.24. The summed E-state index contributed by atoms with van der Waals surface area (Å²) >= 11 is 0. The van der Waals surface area contributed by atoms with Gasteiger partial charge in [0.15, 0.2) is 0 Å². The normalized spacial score (nSPS) is 22.5. The largest absolute Gasteiger partial charge is 0.379 e. The van der Waals surface area contributed by atoms with Crippen LogP contribution in [0.5, 0.6) is 0 Å². The fourth-order valence-corrected chi connectivity index (χ4v) is 2.24. The van der Waals surface area contributed by atoms with Gasteiger partial charge in [-0.1, -0.05) is 0 Å². The molecule has 1 aliphatic rings. The van der Waals surface area contributed by atoms with E-state index in [9.17, 15) is 10.1 Å². The number of anilines is 1. The van der Waals surface area contributed by atoms with Crippen molar-refractivity contribution in [1.29, 1.82) is 5.26 Å². The summed E-state index contributed by atoms with van der Waals surface area (Å²) in [7, 11) is 0. The van der Waals surface area contributed by atoms with Crippen molar-refractivity contribution in [2.24, 2.45) is 0 Å². The third-order valence-electron chi connectivity index (χ3n) is 3.20. The molecule has 19 heavy (non-hydrogen) atoms. The van der Waals surface area contributed by atoms with Crippen LogP contribution < -0.4 is 5.32 Å². The fraction of sp³-hybridized carbons (Fsp3) is 0.462. The molecule has 2 rings (SSSR count). The average molecular weight is 261 g/mol. The highest BCUT2D eigenvalue weighted by molar-refractivity contribution is 5.59. The molecule has 1 N–H and O–H groups in total. The summed E-state index contributed by atoms with van der Waals surface area (Å²) in [4.78, 5) is 10.2. The first kappa shape index (κ1) is 13.3. The lowest BCUT2D eigenvalue weighted by molar-refractivity contribution is -0.385. The Hall–Kier alpha value is -2.13. The minimum atomic E-state index is -0.548. The van der Waals surface area contributed by atoms with Crippen molar-refractivity contribution in [3.8, 4) is 6.07 Å². The van der Waals surface area contributed by atoms with Gasteiger partial charge < -0.3 is 10.1 Å². The zero-order valence-electron chi connectivity index (χ0n) is 10.7. The molecule has 0 amide bonds. The number of nitro benzene ring substituents is 1. The summed E-state index contributed by atoms with van der Waals surface area (Å²) in [5, 5.41) is 23.0. The van der Waals surface area contributed by atoms with E-state index in [0.717, 1.165) is 19.4 Å². The number of ether oxygens (including phenoxy) is 1. The lowest BCUT2D eigenvalue weighted by Crippen LogP contribution is -2.43. The Balaban J connectivity index is 2.22. The van der Waals surface area contributed by atoms with E-state index in [1.165, 1.54) is 12.1 Å². The van der Waals surface area contributed by atoms with Crippen LogP contribution in [-0.2, 0) is 4.74 Å². The van der Waals surface area contributed by atoms with Crippen LogP contribution in [0, 0.1) is 21.4 Å². The van der Waals surface area contributed by atoms with Crippen LogP contribution in [0.25, 0.3) is 0 Å². The number of nitro groups is 1. The maximum Gasteiger partial charge on any atom is 0.287 e. The number of benzene rings is 1. The molecule has 0 aliphatic carbocycles. The number of nitrogens with zero attached hydrogens (tertiary/aromatic N) is 2. The van der Waals surface area contributed by atoms with E-state index >= 15 is 0 Å². The molecule has 1 aromatic rings. The van der Waals surface area contributed by atoms with E-state index in [1.54, 1.807) is 6.07 Å². The van der Waals surface area contributed by atoms with Crippen molar-refractivity contribution in [2.45, 2.75) is 25.3 Å². The minimum absolute atomic E-state index is 0.0651. The van der Waals surface area contributed by atoms with Crippen LogP contribution in [-0.4, -0.2) is 23.7 Å². The first-order valence-electron chi connectivity index (χ1n) is 6.08. The van der Waals surface area contributed by atoms with E-state index in [-0.39, 0.29) is 16.8 Å². The van der Waals surface area contributed by atoms with Crippen molar-refractivity contribution in [1.82, 2.24) is 0 Å². The first-order valence-corrected chi connectivity index (χ1v) is 6.08. The van der Waals surface area contributed by atoms with Crippen LogP contribution in [0.15, 0.2) is 18.2 Å². The summed E-state index contributed by atoms with van der Waals surface area (Å²) in [5.74, 6) is 0. The summed E-state index contributed by atoms with van der Waals surface area (Å²) < 4.78 is 5.44. The fourth-order valence-electron chi connectivity index (χ4n) is 2.24. The predicted molar refractivity (Wildman–Crippen MR) is 69.9 cm³/mol. The zero-order chi connectivity index (χ0) is 13.9. The van der Waals surface area contributed by atoms with Crippen LogP contribution >= 0.6 is 0 Å². The molecular weight excluding hydrogens is 246 g/mol. The Kier molecular flexibility index (Phi) is 3.67. The summed E-state index contributed by atoms with van der Waals surface area (Å²) in [6.45, 7) is 3.40. The summed E-state index contributed by atoms with van der Waals surface area (Å²) in [6.07, 6.45) is 1.94. The van der Waals surface area contributed by atoms with Crippen molar-refractivity contribution < 1.29 is 9.66 Å². The molecule has 0 aromatic heterocycles. The molecule has 1 aliphatic heterocycles. The number of nitrogens with one attached hydrogen (secondary N) is 1. The minimum Gasteiger partial charge on any atom is -0.379 e. The molecule has 0 saturated carbocycles. The standard InChI is InChI=1S/C13H15N3O3/c1-13(5-2-6-19-9-13)15-11-3-4-12(16(17)18)10(7-11)8-14/h3-4,7,15H,2,5-6,9H2,1H3. The second-order valence-electron chi connectivity index (χ2n) is 4.94. The van der Waals surface area contributed by atoms with Gasteiger partial charge in [0.25, 0.3) is 5.69 Å². The van der Waals surface area contributed by atoms with Crippen molar-refractivity contribution in [3.63, 3.8) is 0 Å². The van der Waals surface area contributed by atoms with Gasteiger partial charge in [-0.2, -0.15) is 5.26 Å². The first-order chi connectivity index (χ1) is 9.04. The SMILES string of the molecule is CC1(Nc2ccc([N+](=O)[O-])c(C#N)c2)CCCOC1. The molecule has 6 heteroatoms. The highest BCUT2D eigenvalue weighted by atomic mass is 16.6. The molecule has 100 valence electrons. The molecular formula is C13H15N3O3. The van der Waals surface area contributed by atoms with Crippen molar-refractivity contribution in [3.05, 3.63) is 33.9 Å². The Morgan fingerprint density at radius 2 is 2.37 bits per heavy atom. The van der Waals surface area contributed by atoms with Crippen LogP contribution in [0.4, 0.5) is 11.4 Å². The molecule has 1 heterocycles. The van der Waals surface area contributed by atoms with Crippen molar-refractivity contribution >= 4 is 11.4 Å². The number of rotatable bonds is 3. The van der Waals surface area contributed by atoms with Gasteiger partial charge in [-0.15, -0.1) is 0 Å². The van der Waals surface area contributed by atoms with E-state index < -0.39 is 4.92 Å². The molecule has 0 bridgehead atoms. The van der Waals surface area contributed by atoms with E-state index in [2.05, 4.69) is 5.32 Å². The monoisotopic (exact) mass is 261 g/mol. The quantitative estimate of drug-likeness (QED) is 0.666. The molecule has 1 atom stereocenters. The molecule has 0 spiro atoms.